The highest BCUT2D eigenvalue weighted by atomic mass is 16.4. The predicted molar refractivity (Wildman–Crippen MR) is 58.3 cm³/mol. The van der Waals surface area contributed by atoms with Crippen LogP contribution in [-0.4, -0.2) is 41.0 Å². The van der Waals surface area contributed by atoms with Crippen LogP contribution in [0.4, 0.5) is 0 Å². The number of aliphatic hydroxyl groups excluding tert-OH is 2. The molecule has 2 atom stereocenters. The maximum Gasteiger partial charge on any atom is 0.335 e. The van der Waals surface area contributed by atoms with Crippen molar-refractivity contribution in [2.75, 3.05) is 13.6 Å². The molecule has 16 heavy (non-hydrogen) atoms. The molecule has 88 valence electrons. The number of carboxylic acid groups (broad SMARTS) is 1. The van der Waals surface area contributed by atoms with E-state index in [1.807, 2.05) is 0 Å². The van der Waals surface area contributed by atoms with Gasteiger partial charge in [-0.05, 0) is 24.7 Å². The van der Waals surface area contributed by atoms with Crippen molar-refractivity contribution < 1.29 is 20.1 Å². The first-order valence-electron chi connectivity index (χ1n) is 4.90. The van der Waals surface area contributed by atoms with Gasteiger partial charge in [-0.3, -0.25) is 0 Å². The van der Waals surface area contributed by atoms with Crippen molar-refractivity contribution in [2.45, 2.75) is 12.2 Å². The van der Waals surface area contributed by atoms with Crippen LogP contribution in [0.15, 0.2) is 24.3 Å². The Morgan fingerprint density at radius 1 is 1.44 bits per heavy atom. The summed E-state index contributed by atoms with van der Waals surface area (Å²) in [6.45, 7) is 0.235. The molecule has 0 radical (unpaired) electrons. The van der Waals surface area contributed by atoms with E-state index in [0.29, 0.717) is 5.56 Å². The molecule has 0 aromatic heterocycles. The lowest BCUT2D eigenvalue weighted by molar-refractivity contribution is 0.0201. The van der Waals surface area contributed by atoms with Gasteiger partial charge in [0.1, 0.15) is 6.10 Å². The van der Waals surface area contributed by atoms with Gasteiger partial charge in [-0.15, -0.1) is 0 Å². The van der Waals surface area contributed by atoms with Crippen molar-refractivity contribution >= 4 is 5.97 Å². The highest BCUT2D eigenvalue weighted by Gasteiger charge is 2.18. The van der Waals surface area contributed by atoms with E-state index in [4.69, 9.17) is 5.11 Å². The zero-order valence-corrected chi connectivity index (χ0v) is 8.92. The van der Waals surface area contributed by atoms with Gasteiger partial charge in [-0.1, -0.05) is 12.1 Å². The molecule has 0 fully saturated rings. The van der Waals surface area contributed by atoms with Crippen LogP contribution in [0.25, 0.3) is 0 Å². The average Bonchev–Trinajstić information content (AvgIpc) is 2.28. The standard InChI is InChI=1S/C11H15NO4/c1-12-6-9(13)10(14)7-3-2-4-8(5-7)11(15)16/h2-5,9-10,12-14H,6H2,1H3,(H,15,16). The first-order chi connectivity index (χ1) is 7.56. The number of rotatable bonds is 5. The molecule has 0 saturated carbocycles. The number of likely N-dealkylation sites (N-methyl/N-ethyl adjacent to an activating group) is 1. The van der Waals surface area contributed by atoms with Crippen molar-refractivity contribution in [3.63, 3.8) is 0 Å². The second-order valence-electron chi connectivity index (χ2n) is 3.50. The van der Waals surface area contributed by atoms with Gasteiger partial charge in [0.05, 0.1) is 11.7 Å². The van der Waals surface area contributed by atoms with Gasteiger partial charge < -0.3 is 20.6 Å². The van der Waals surface area contributed by atoms with E-state index in [1.54, 1.807) is 13.1 Å². The van der Waals surface area contributed by atoms with Crippen molar-refractivity contribution in [2.24, 2.45) is 0 Å². The monoisotopic (exact) mass is 225 g/mol. The second kappa shape index (κ2) is 5.60. The molecule has 0 saturated heterocycles. The Kier molecular flexibility index (Phi) is 4.42. The molecule has 0 amide bonds. The van der Waals surface area contributed by atoms with Crippen molar-refractivity contribution in [3.05, 3.63) is 35.4 Å². The van der Waals surface area contributed by atoms with E-state index in [2.05, 4.69) is 5.32 Å². The van der Waals surface area contributed by atoms with Crippen molar-refractivity contribution in [1.29, 1.82) is 0 Å². The summed E-state index contributed by atoms with van der Waals surface area (Å²) >= 11 is 0. The summed E-state index contributed by atoms with van der Waals surface area (Å²) in [6, 6.07) is 5.90. The Hall–Kier alpha value is -1.43. The summed E-state index contributed by atoms with van der Waals surface area (Å²) in [5.74, 6) is -1.06. The molecule has 0 aliphatic rings. The SMILES string of the molecule is CNCC(O)C(O)c1cccc(C(=O)O)c1. The summed E-state index contributed by atoms with van der Waals surface area (Å²) in [6.07, 6.45) is -2.05. The minimum Gasteiger partial charge on any atom is -0.478 e. The van der Waals surface area contributed by atoms with E-state index in [0.717, 1.165) is 0 Å². The quantitative estimate of drug-likeness (QED) is 0.566. The summed E-state index contributed by atoms with van der Waals surface area (Å²) in [5.41, 5.74) is 0.482. The summed E-state index contributed by atoms with van der Waals surface area (Å²) in [7, 11) is 1.66. The molecule has 0 aliphatic heterocycles. The smallest absolute Gasteiger partial charge is 0.335 e. The van der Waals surface area contributed by atoms with Crippen LogP contribution in [0.1, 0.15) is 22.0 Å². The Morgan fingerprint density at radius 3 is 2.69 bits per heavy atom. The Balaban J connectivity index is 2.86. The molecule has 1 rings (SSSR count). The Labute approximate surface area is 93.4 Å². The number of carboxylic acids is 1. The van der Waals surface area contributed by atoms with Crippen LogP contribution in [0.2, 0.25) is 0 Å². The molecule has 0 aliphatic carbocycles. The Bertz CT molecular complexity index is 367. The lowest BCUT2D eigenvalue weighted by atomic mass is 10.0. The molecule has 5 nitrogen and oxygen atoms in total. The molecule has 0 spiro atoms. The third-order valence-corrected chi connectivity index (χ3v) is 2.25. The minimum absolute atomic E-state index is 0.0909. The van der Waals surface area contributed by atoms with Gasteiger partial charge in [0.2, 0.25) is 0 Å². The van der Waals surface area contributed by atoms with Gasteiger partial charge in [0.15, 0.2) is 0 Å². The normalized spacial score (nSPS) is 14.4. The van der Waals surface area contributed by atoms with Gasteiger partial charge in [0.25, 0.3) is 0 Å². The fourth-order valence-corrected chi connectivity index (χ4v) is 1.40. The number of hydrogen-bond acceptors (Lipinski definition) is 4. The largest absolute Gasteiger partial charge is 0.478 e. The first-order valence-corrected chi connectivity index (χ1v) is 4.90. The van der Waals surface area contributed by atoms with E-state index in [-0.39, 0.29) is 12.1 Å². The molecule has 5 heteroatoms. The predicted octanol–water partition coefficient (Wildman–Crippen LogP) is -0.00150. The molecule has 1 aromatic carbocycles. The first kappa shape index (κ1) is 12.6. The van der Waals surface area contributed by atoms with Crippen LogP contribution in [0.5, 0.6) is 0 Å². The van der Waals surface area contributed by atoms with Gasteiger partial charge in [0, 0.05) is 6.54 Å². The number of benzene rings is 1. The second-order valence-corrected chi connectivity index (χ2v) is 3.50. The van der Waals surface area contributed by atoms with Crippen LogP contribution in [-0.2, 0) is 0 Å². The van der Waals surface area contributed by atoms with Gasteiger partial charge >= 0.3 is 5.97 Å². The number of hydrogen-bond donors (Lipinski definition) is 4. The lowest BCUT2D eigenvalue weighted by Crippen LogP contribution is -2.29. The van der Waals surface area contributed by atoms with Gasteiger partial charge in [-0.25, -0.2) is 4.79 Å². The van der Waals surface area contributed by atoms with E-state index >= 15 is 0 Å². The van der Waals surface area contributed by atoms with Crippen LogP contribution < -0.4 is 5.32 Å². The number of nitrogens with one attached hydrogen (secondary N) is 1. The van der Waals surface area contributed by atoms with Crippen LogP contribution in [0.3, 0.4) is 0 Å². The highest BCUT2D eigenvalue weighted by molar-refractivity contribution is 5.87. The van der Waals surface area contributed by atoms with Crippen molar-refractivity contribution in [3.8, 4) is 0 Å². The molecular formula is C11H15NO4. The summed E-state index contributed by atoms with van der Waals surface area (Å²) in [4.78, 5) is 10.7. The minimum atomic E-state index is -1.09. The molecule has 1 aromatic rings. The zero-order chi connectivity index (χ0) is 12.1. The van der Waals surface area contributed by atoms with E-state index in [9.17, 15) is 15.0 Å². The third kappa shape index (κ3) is 3.03. The molecule has 4 N–H and O–H groups in total. The fraction of sp³-hybridized carbons (Fsp3) is 0.364. The number of carbonyl (C=O) groups is 1. The lowest BCUT2D eigenvalue weighted by Gasteiger charge is -2.17. The number of aromatic carboxylic acids is 1. The molecule has 0 bridgehead atoms. The molecular weight excluding hydrogens is 210 g/mol. The Morgan fingerprint density at radius 2 is 2.12 bits per heavy atom. The van der Waals surface area contributed by atoms with Crippen molar-refractivity contribution in [1.82, 2.24) is 5.32 Å². The topological polar surface area (TPSA) is 89.8 Å². The van der Waals surface area contributed by atoms with Gasteiger partial charge in [-0.2, -0.15) is 0 Å². The van der Waals surface area contributed by atoms with Crippen LogP contribution >= 0.6 is 0 Å². The summed E-state index contributed by atoms with van der Waals surface area (Å²) in [5, 5.41) is 30.8. The molecule has 2 unspecified atom stereocenters. The van der Waals surface area contributed by atoms with E-state index in [1.165, 1.54) is 18.2 Å². The number of aliphatic hydroxyl groups is 2. The zero-order valence-electron chi connectivity index (χ0n) is 8.92. The third-order valence-electron chi connectivity index (χ3n) is 2.25. The highest BCUT2D eigenvalue weighted by Crippen LogP contribution is 2.17. The van der Waals surface area contributed by atoms with E-state index < -0.39 is 18.2 Å². The maximum absolute atomic E-state index is 10.7. The summed E-state index contributed by atoms with van der Waals surface area (Å²) < 4.78 is 0. The maximum atomic E-state index is 10.7. The molecule has 0 heterocycles. The van der Waals surface area contributed by atoms with Crippen LogP contribution in [0, 0.1) is 0 Å². The average molecular weight is 225 g/mol. The fourth-order valence-electron chi connectivity index (χ4n) is 1.40.